The SMILES string of the molecule is CCCCCCCCCCCCCCCCC/C=C/CC/C=C/C(O)C(COP(=O)(O)OCC[N+](C)(C)C)NC(=O)CCCCCCCCCCCCCCCCCCC/C=C\CCCCCCCCCCCCCCCCCCCC. The van der Waals surface area contributed by atoms with E-state index < -0.39 is 20.0 Å². The number of unbranched alkanes of at least 4 members (excludes halogenated alkanes) is 51. The highest BCUT2D eigenvalue weighted by Gasteiger charge is 2.28. The van der Waals surface area contributed by atoms with Gasteiger partial charge in [-0.05, 0) is 57.8 Å². The molecule has 1 amide bonds. The molecule has 0 saturated carbocycles. The molecule has 0 aromatic rings. The molecule has 0 aromatic heterocycles. The third-order valence-electron chi connectivity index (χ3n) is 16.8. The van der Waals surface area contributed by atoms with Crippen LogP contribution < -0.4 is 5.32 Å². The highest BCUT2D eigenvalue weighted by Crippen LogP contribution is 2.43. The lowest BCUT2D eigenvalue weighted by atomic mass is 10.0. The van der Waals surface area contributed by atoms with Crippen LogP contribution in [0.3, 0.4) is 0 Å². The van der Waals surface area contributed by atoms with Gasteiger partial charge in [-0.3, -0.25) is 13.8 Å². The molecule has 0 fully saturated rings. The van der Waals surface area contributed by atoms with Gasteiger partial charge < -0.3 is 19.8 Å². The Morgan fingerprint density at radius 3 is 0.976 bits per heavy atom. The fraction of sp³-hybridized carbons (Fsp3) is 0.904. The van der Waals surface area contributed by atoms with E-state index in [2.05, 4.69) is 43.5 Å². The molecule has 0 aliphatic heterocycles. The lowest BCUT2D eigenvalue weighted by molar-refractivity contribution is -0.870. The zero-order chi connectivity index (χ0) is 59.8. The number of allylic oxidation sites excluding steroid dienone is 5. The molecule has 0 rings (SSSR count). The van der Waals surface area contributed by atoms with E-state index >= 15 is 0 Å². The van der Waals surface area contributed by atoms with E-state index in [1.54, 1.807) is 6.08 Å². The zero-order valence-corrected chi connectivity index (χ0v) is 56.7. The lowest BCUT2D eigenvalue weighted by Gasteiger charge is -2.25. The van der Waals surface area contributed by atoms with Gasteiger partial charge in [-0.25, -0.2) is 4.57 Å². The monoisotopic (exact) mass is 1180 g/mol. The predicted molar refractivity (Wildman–Crippen MR) is 360 cm³/mol. The number of hydrogen-bond acceptors (Lipinski definition) is 5. The molecule has 0 aliphatic carbocycles. The van der Waals surface area contributed by atoms with Crippen molar-refractivity contribution in [1.82, 2.24) is 5.32 Å². The van der Waals surface area contributed by atoms with Crippen LogP contribution in [0.25, 0.3) is 0 Å². The maximum absolute atomic E-state index is 13.0. The second kappa shape index (κ2) is 64.2. The second-order valence-corrected chi connectivity index (χ2v) is 27.8. The van der Waals surface area contributed by atoms with Crippen molar-refractivity contribution in [2.75, 3.05) is 40.9 Å². The largest absolute Gasteiger partial charge is 0.472 e. The smallest absolute Gasteiger partial charge is 0.387 e. The molecule has 0 bridgehead atoms. The minimum absolute atomic E-state index is 0.0578. The third-order valence-corrected chi connectivity index (χ3v) is 17.8. The van der Waals surface area contributed by atoms with Gasteiger partial charge in [0.25, 0.3) is 0 Å². The summed E-state index contributed by atoms with van der Waals surface area (Å²) in [5, 5.41) is 14.0. The summed E-state index contributed by atoms with van der Waals surface area (Å²) in [5.74, 6) is -0.180. The maximum Gasteiger partial charge on any atom is 0.472 e. The second-order valence-electron chi connectivity index (χ2n) is 26.3. The van der Waals surface area contributed by atoms with Crippen LogP contribution in [0.15, 0.2) is 36.5 Å². The van der Waals surface area contributed by atoms with E-state index in [0.29, 0.717) is 17.4 Å². The van der Waals surface area contributed by atoms with Gasteiger partial charge in [-0.1, -0.05) is 346 Å². The molecule has 3 N–H and O–H groups in total. The number of aliphatic hydroxyl groups excluding tert-OH is 1. The van der Waals surface area contributed by atoms with Crippen LogP contribution in [0.5, 0.6) is 0 Å². The van der Waals surface area contributed by atoms with E-state index in [0.717, 1.165) is 38.5 Å². The van der Waals surface area contributed by atoms with Gasteiger partial charge >= 0.3 is 7.82 Å². The Kier molecular flexibility index (Phi) is 63.2. The molecule has 0 radical (unpaired) electrons. The predicted octanol–water partition coefficient (Wildman–Crippen LogP) is 23.2. The fourth-order valence-electron chi connectivity index (χ4n) is 11.2. The zero-order valence-electron chi connectivity index (χ0n) is 55.8. The molecule has 486 valence electrons. The number of quaternary nitrogens is 1. The first-order valence-electron chi connectivity index (χ1n) is 36.4. The van der Waals surface area contributed by atoms with Crippen molar-refractivity contribution < 1.29 is 32.9 Å². The maximum atomic E-state index is 13.0. The normalized spacial score (nSPS) is 13.8. The number of carbonyl (C=O) groups is 1. The molecule has 0 heterocycles. The summed E-state index contributed by atoms with van der Waals surface area (Å²) >= 11 is 0. The molecular formula is C73H144N2O6P+. The van der Waals surface area contributed by atoms with E-state index in [9.17, 15) is 19.4 Å². The van der Waals surface area contributed by atoms with Crippen LogP contribution in [0.1, 0.15) is 373 Å². The molecule has 0 aromatic carbocycles. The molecule has 82 heavy (non-hydrogen) atoms. The van der Waals surface area contributed by atoms with Crippen molar-refractivity contribution in [2.24, 2.45) is 0 Å². The highest BCUT2D eigenvalue weighted by atomic mass is 31.2. The average Bonchev–Trinajstić information content (AvgIpc) is 3.47. The van der Waals surface area contributed by atoms with Gasteiger partial charge in [0.15, 0.2) is 0 Å². The minimum Gasteiger partial charge on any atom is -0.387 e. The number of carbonyl (C=O) groups excluding carboxylic acids is 1. The molecular weight excluding hydrogens is 1030 g/mol. The summed E-state index contributed by atoms with van der Waals surface area (Å²) in [7, 11) is 1.57. The Hall–Kier alpha value is -1.28. The standard InChI is InChI=1S/C73H143N2O6P/c1-6-8-10-12-14-16-18-20-22-24-26-28-29-30-31-32-33-34-35-36-37-38-39-40-41-42-43-44-45-47-49-51-53-55-57-59-61-63-65-67-73(77)74-71(70-81-82(78,79)80-69-68-75(3,4)5)72(76)66-64-62-60-58-56-54-52-50-48-46-27-25-23-21-19-17-15-13-11-9-7-2/h36-37,56,58,64,66,71-72,76H,6-35,38-55,57,59-63,65,67-70H2,1-5H3,(H-,74,77,78,79)/p+1/b37-36-,58-56+,66-64+. The molecule has 9 heteroatoms. The number of amides is 1. The number of nitrogens with zero attached hydrogens (tertiary/aromatic N) is 1. The van der Waals surface area contributed by atoms with Gasteiger partial charge in [-0.2, -0.15) is 0 Å². The summed E-state index contributed by atoms with van der Waals surface area (Å²) < 4.78 is 23.8. The van der Waals surface area contributed by atoms with Crippen LogP contribution >= 0.6 is 7.82 Å². The van der Waals surface area contributed by atoms with Crippen LogP contribution in [0, 0.1) is 0 Å². The van der Waals surface area contributed by atoms with Crippen molar-refractivity contribution >= 4 is 13.7 Å². The summed E-state index contributed by atoms with van der Waals surface area (Å²) in [5.41, 5.74) is 0. The molecule has 0 saturated heterocycles. The van der Waals surface area contributed by atoms with Crippen molar-refractivity contribution in [3.05, 3.63) is 36.5 Å². The van der Waals surface area contributed by atoms with Crippen LogP contribution in [-0.4, -0.2) is 73.4 Å². The molecule has 0 spiro atoms. The van der Waals surface area contributed by atoms with Gasteiger partial charge in [0.2, 0.25) is 5.91 Å². The first-order valence-corrected chi connectivity index (χ1v) is 37.9. The number of phosphoric ester groups is 1. The number of nitrogens with one attached hydrogen (secondary N) is 1. The van der Waals surface area contributed by atoms with E-state index in [-0.39, 0.29) is 19.1 Å². The van der Waals surface area contributed by atoms with Crippen molar-refractivity contribution in [2.45, 2.75) is 386 Å². The summed E-state index contributed by atoms with van der Waals surface area (Å²) in [6, 6.07) is -0.863. The Balaban J connectivity index is 3.96. The third kappa shape index (κ3) is 66.2. The number of likely N-dealkylation sites (N-methyl/N-ethyl adjacent to an activating group) is 1. The number of hydrogen-bond donors (Lipinski definition) is 3. The van der Waals surface area contributed by atoms with E-state index in [1.165, 1.54) is 315 Å². The van der Waals surface area contributed by atoms with Gasteiger partial charge in [0, 0.05) is 6.42 Å². The Morgan fingerprint density at radius 2 is 0.671 bits per heavy atom. The molecule has 3 unspecified atom stereocenters. The van der Waals surface area contributed by atoms with Gasteiger partial charge in [0.1, 0.15) is 13.2 Å². The highest BCUT2D eigenvalue weighted by molar-refractivity contribution is 7.47. The van der Waals surface area contributed by atoms with Crippen molar-refractivity contribution in [3.8, 4) is 0 Å². The number of aliphatic hydroxyl groups is 1. The Morgan fingerprint density at radius 1 is 0.402 bits per heavy atom. The van der Waals surface area contributed by atoms with E-state index in [4.69, 9.17) is 9.05 Å². The van der Waals surface area contributed by atoms with Crippen LogP contribution in [0.2, 0.25) is 0 Å². The van der Waals surface area contributed by atoms with Crippen LogP contribution in [-0.2, 0) is 18.4 Å². The Labute approximate surface area is 512 Å². The Bertz CT molecular complexity index is 1430. The molecule has 8 nitrogen and oxygen atoms in total. The summed E-state index contributed by atoms with van der Waals surface area (Å²) in [4.78, 5) is 23.4. The first-order chi connectivity index (χ1) is 40.0. The van der Waals surface area contributed by atoms with Crippen molar-refractivity contribution in [3.63, 3.8) is 0 Å². The lowest BCUT2D eigenvalue weighted by Crippen LogP contribution is -2.45. The fourth-order valence-corrected chi connectivity index (χ4v) is 11.9. The first kappa shape index (κ1) is 80.7. The summed E-state index contributed by atoms with van der Waals surface area (Å²) in [6.07, 6.45) is 86.1. The van der Waals surface area contributed by atoms with Crippen LogP contribution in [0.4, 0.5) is 0 Å². The minimum atomic E-state index is -4.36. The van der Waals surface area contributed by atoms with E-state index in [1.807, 2.05) is 27.2 Å². The summed E-state index contributed by atoms with van der Waals surface area (Å²) in [6.45, 7) is 4.85. The quantitative estimate of drug-likeness (QED) is 0.0243. The molecule has 3 atom stereocenters. The number of rotatable bonds is 68. The number of phosphoric acid groups is 1. The molecule has 0 aliphatic rings. The van der Waals surface area contributed by atoms with Gasteiger partial charge in [-0.15, -0.1) is 0 Å². The van der Waals surface area contributed by atoms with Crippen molar-refractivity contribution in [1.29, 1.82) is 0 Å². The average molecular weight is 1180 g/mol. The van der Waals surface area contributed by atoms with Gasteiger partial charge in [0.05, 0.1) is 39.9 Å². The topological polar surface area (TPSA) is 105 Å².